The number of furan rings is 1. The second kappa shape index (κ2) is 7.83. The van der Waals surface area contributed by atoms with Crippen LogP contribution >= 0.6 is 0 Å². The van der Waals surface area contributed by atoms with Crippen LogP contribution in [0.2, 0.25) is 0 Å². The van der Waals surface area contributed by atoms with E-state index in [2.05, 4.69) is 4.98 Å². The van der Waals surface area contributed by atoms with E-state index in [1.807, 2.05) is 54.9 Å². The molecule has 3 heterocycles. The van der Waals surface area contributed by atoms with Gasteiger partial charge in [-0.25, -0.2) is 4.98 Å². The van der Waals surface area contributed by atoms with E-state index in [9.17, 15) is 4.79 Å². The van der Waals surface area contributed by atoms with E-state index in [1.165, 1.54) is 5.56 Å². The minimum absolute atomic E-state index is 0.0682. The molecule has 4 aromatic rings. The van der Waals surface area contributed by atoms with Crippen molar-refractivity contribution in [1.82, 2.24) is 14.3 Å². The summed E-state index contributed by atoms with van der Waals surface area (Å²) in [6.07, 6.45) is 4.00. The van der Waals surface area contributed by atoms with Crippen LogP contribution in [0, 0.1) is 13.8 Å². The van der Waals surface area contributed by atoms with Gasteiger partial charge in [-0.1, -0.05) is 6.07 Å². The molecule has 0 unspecified atom stereocenters. The number of carbonyl (C=O) groups excluding carboxylic acids is 1. The minimum Gasteiger partial charge on any atom is -0.487 e. The Kier molecular flexibility index (Phi) is 5.08. The molecule has 0 spiro atoms. The fourth-order valence-corrected chi connectivity index (χ4v) is 3.17. The molecular formula is C23H23N3O3. The number of carbonyl (C=O) groups is 1. The number of amides is 1. The van der Waals surface area contributed by atoms with Crippen molar-refractivity contribution in [2.45, 2.75) is 27.0 Å². The van der Waals surface area contributed by atoms with Crippen LogP contribution in [-0.2, 0) is 13.2 Å². The number of ether oxygens (including phenoxy) is 1. The predicted octanol–water partition coefficient (Wildman–Crippen LogP) is 4.40. The van der Waals surface area contributed by atoms with Gasteiger partial charge in [-0.05, 0) is 61.9 Å². The van der Waals surface area contributed by atoms with Crippen LogP contribution in [0.25, 0.3) is 5.65 Å². The molecule has 1 amide bonds. The van der Waals surface area contributed by atoms with E-state index < -0.39 is 0 Å². The molecule has 1 aromatic carbocycles. The van der Waals surface area contributed by atoms with Gasteiger partial charge >= 0.3 is 0 Å². The highest BCUT2D eigenvalue weighted by Crippen LogP contribution is 2.17. The Morgan fingerprint density at radius 2 is 1.86 bits per heavy atom. The molecule has 6 nitrogen and oxygen atoms in total. The molecule has 4 rings (SSSR count). The predicted molar refractivity (Wildman–Crippen MR) is 110 cm³/mol. The van der Waals surface area contributed by atoms with Gasteiger partial charge in [0, 0.05) is 25.0 Å². The summed E-state index contributed by atoms with van der Waals surface area (Å²) in [5, 5.41) is 0. The van der Waals surface area contributed by atoms with Crippen LogP contribution < -0.4 is 4.74 Å². The number of fused-ring (bicyclic) bond motifs is 1. The van der Waals surface area contributed by atoms with Crippen LogP contribution in [-0.4, -0.2) is 27.2 Å². The largest absolute Gasteiger partial charge is 0.487 e. The molecular weight excluding hydrogens is 366 g/mol. The summed E-state index contributed by atoms with van der Waals surface area (Å²) < 4.78 is 13.4. The van der Waals surface area contributed by atoms with Crippen LogP contribution in [0.15, 0.2) is 65.3 Å². The molecule has 0 atom stereocenters. The fourth-order valence-electron chi connectivity index (χ4n) is 3.17. The summed E-state index contributed by atoms with van der Waals surface area (Å²) >= 11 is 0. The van der Waals surface area contributed by atoms with Crippen molar-refractivity contribution in [3.63, 3.8) is 0 Å². The molecule has 0 fully saturated rings. The first-order valence-electron chi connectivity index (χ1n) is 9.46. The van der Waals surface area contributed by atoms with E-state index in [0.717, 1.165) is 22.9 Å². The van der Waals surface area contributed by atoms with Gasteiger partial charge in [0.15, 0.2) is 0 Å². The van der Waals surface area contributed by atoms with Crippen molar-refractivity contribution in [1.29, 1.82) is 0 Å². The number of pyridine rings is 1. The van der Waals surface area contributed by atoms with Crippen LogP contribution in [0.4, 0.5) is 0 Å². The van der Waals surface area contributed by atoms with Gasteiger partial charge in [0.1, 0.15) is 29.5 Å². The lowest BCUT2D eigenvalue weighted by Gasteiger charge is -2.16. The van der Waals surface area contributed by atoms with Gasteiger partial charge in [-0.2, -0.15) is 0 Å². The Bertz CT molecular complexity index is 1140. The zero-order valence-electron chi connectivity index (χ0n) is 16.8. The Morgan fingerprint density at radius 1 is 1.07 bits per heavy atom. The number of nitrogens with zero attached hydrogens (tertiary/aromatic N) is 3. The lowest BCUT2D eigenvalue weighted by Crippen LogP contribution is -2.25. The first-order valence-corrected chi connectivity index (χ1v) is 9.46. The summed E-state index contributed by atoms with van der Waals surface area (Å²) in [5.41, 5.74) is 3.52. The maximum Gasteiger partial charge on any atom is 0.254 e. The lowest BCUT2D eigenvalue weighted by atomic mass is 10.2. The third-order valence-corrected chi connectivity index (χ3v) is 4.67. The Hall–Kier alpha value is -3.54. The molecule has 0 radical (unpaired) electrons. The number of hydrogen-bond acceptors (Lipinski definition) is 4. The summed E-state index contributed by atoms with van der Waals surface area (Å²) in [7, 11) is 1.76. The number of imidazole rings is 1. The molecule has 0 aliphatic rings. The van der Waals surface area contributed by atoms with Gasteiger partial charge < -0.3 is 18.5 Å². The van der Waals surface area contributed by atoms with E-state index in [0.29, 0.717) is 24.5 Å². The topological polar surface area (TPSA) is 60.0 Å². The second-order valence-electron chi connectivity index (χ2n) is 7.19. The van der Waals surface area contributed by atoms with Crippen LogP contribution in [0.5, 0.6) is 5.75 Å². The molecule has 0 bridgehead atoms. The Balaban J connectivity index is 1.37. The first kappa shape index (κ1) is 18.8. The summed E-state index contributed by atoms with van der Waals surface area (Å²) in [6.45, 7) is 4.73. The maximum absolute atomic E-state index is 12.6. The quantitative estimate of drug-likeness (QED) is 0.491. The van der Waals surface area contributed by atoms with Crippen molar-refractivity contribution in [2.75, 3.05) is 7.05 Å². The number of benzene rings is 1. The van der Waals surface area contributed by atoms with Gasteiger partial charge in [-0.15, -0.1) is 0 Å². The van der Waals surface area contributed by atoms with E-state index >= 15 is 0 Å². The van der Waals surface area contributed by atoms with Crippen molar-refractivity contribution in [3.8, 4) is 5.75 Å². The Morgan fingerprint density at radius 3 is 2.59 bits per heavy atom. The standard InChI is InChI=1S/C23H23N3O3/c1-16-4-11-22-24-19(13-26(22)12-16)15-28-20-9-6-18(7-10-20)23(27)25(3)14-21-8-5-17(2)29-21/h4-13H,14-15H2,1-3H3. The normalized spacial score (nSPS) is 11.0. The number of aryl methyl sites for hydroxylation is 2. The summed E-state index contributed by atoms with van der Waals surface area (Å²) in [4.78, 5) is 18.8. The van der Waals surface area contributed by atoms with Crippen molar-refractivity contribution in [3.05, 3.63) is 89.3 Å². The third kappa shape index (κ3) is 4.32. The van der Waals surface area contributed by atoms with E-state index in [-0.39, 0.29) is 5.91 Å². The average molecular weight is 389 g/mol. The van der Waals surface area contributed by atoms with Gasteiger partial charge in [0.05, 0.1) is 12.2 Å². The number of aromatic nitrogens is 2. The first-order chi connectivity index (χ1) is 14.0. The van der Waals surface area contributed by atoms with Gasteiger partial charge in [0.25, 0.3) is 5.91 Å². The highest BCUT2D eigenvalue weighted by atomic mass is 16.5. The molecule has 3 aromatic heterocycles. The molecule has 0 N–H and O–H groups in total. The molecule has 0 aliphatic carbocycles. The zero-order valence-corrected chi connectivity index (χ0v) is 16.8. The van der Waals surface area contributed by atoms with Crippen LogP contribution in [0.1, 0.15) is 33.1 Å². The van der Waals surface area contributed by atoms with Crippen molar-refractivity contribution >= 4 is 11.6 Å². The third-order valence-electron chi connectivity index (χ3n) is 4.67. The lowest BCUT2D eigenvalue weighted by molar-refractivity contribution is 0.0775. The number of rotatable bonds is 6. The summed E-state index contributed by atoms with van der Waals surface area (Å²) in [5.74, 6) is 2.23. The molecule has 29 heavy (non-hydrogen) atoms. The van der Waals surface area contributed by atoms with E-state index in [4.69, 9.17) is 9.15 Å². The average Bonchev–Trinajstić information content (AvgIpc) is 3.31. The summed E-state index contributed by atoms with van der Waals surface area (Å²) in [6, 6.07) is 15.0. The van der Waals surface area contributed by atoms with Gasteiger partial charge in [-0.3, -0.25) is 4.79 Å². The maximum atomic E-state index is 12.6. The molecule has 0 aliphatic heterocycles. The van der Waals surface area contributed by atoms with Gasteiger partial charge in [0.2, 0.25) is 0 Å². The smallest absolute Gasteiger partial charge is 0.254 e. The SMILES string of the molecule is Cc1ccc2nc(COc3ccc(C(=O)N(C)Cc4ccc(C)o4)cc3)cn2c1. The fraction of sp³-hybridized carbons (Fsp3) is 0.217. The van der Waals surface area contributed by atoms with Crippen molar-refractivity contribution in [2.24, 2.45) is 0 Å². The van der Waals surface area contributed by atoms with Crippen LogP contribution in [0.3, 0.4) is 0 Å². The monoisotopic (exact) mass is 389 g/mol. The highest BCUT2D eigenvalue weighted by Gasteiger charge is 2.14. The minimum atomic E-state index is -0.0682. The van der Waals surface area contributed by atoms with E-state index in [1.54, 1.807) is 36.2 Å². The van der Waals surface area contributed by atoms with Crippen molar-refractivity contribution < 1.29 is 13.9 Å². The second-order valence-corrected chi connectivity index (χ2v) is 7.19. The highest BCUT2D eigenvalue weighted by molar-refractivity contribution is 5.94. The molecule has 0 saturated heterocycles. The number of hydrogen-bond donors (Lipinski definition) is 0. The molecule has 148 valence electrons. The molecule has 0 saturated carbocycles. The molecule has 6 heteroatoms. The Labute approximate surface area is 169 Å². The zero-order chi connectivity index (χ0) is 20.4.